The van der Waals surface area contributed by atoms with E-state index < -0.39 is 0 Å². The molecular weight excluding hydrogens is 206 g/mol. The molecule has 0 aromatic heterocycles. The fourth-order valence-corrected chi connectivity index (χ4v) is 1.27. The molecule has 1 aromatic rings. The van der Waals surface area contributed by atoms with Crippen molar-refractivity contribution in [2.24, 2.45) is 10.9 Å². The molecule has 76 valence electrons. The molecule has 0 heterocycles. The summed E-state index contributed by atoms with van der Waals surface area (Å²) in [7, 11) is 1.43. The van der Waals surface area contributed by atoms with Gasteiger partial charge in [-0.15, -0.1) is 0 Å². The van der Waals surface area contributed by atoms with Gasteiger partial charge in [0.2, 0.25) is 0 Å². The van der Waals surface area contributed by atoms with Crippen molar-refractivity contribution >= 4 is 23.1 Å². The summed E-state index contributed by atoms with van der Waals surface area (Å²) in [6, 6.07) is 3.12. The number of methoxy groups -OCH3 is 1. The minimum Gasteiger partial charge on any atom is -0.494 e. The molecule has 0 aliphatic heterocycles. The van der Waals surface area contributed by atoms with Crippen molar-refractivity contribution in [2.75, 3.05) is 12.8 Å². The predicted octanol–water partition coefficient (Wildman–Crippen LogP) is 1.03. The van der Waals surface area contributed by atoms with Gasteiger partial charge < -0.3 is 21.4 Å². The number of anilines is 1. The number of hydrogen-bond donors (Lipinski definition) is 3. The zero-order valence-electron chi connectivity index (χ0n) is 7.49. The van der Waals surface area contributed by atoms with E-state index in [0.717, 1.165) is 0 Å². The number of nitrogens with two attached hydrogens (primary N) is 2. The molecule has 0 spiro atoms. The molecule has 14 heavy (non-hydrogen) atoms. The van der Waals surface area contributed by atoms with Gasteiger partial charge in [0.1, 0.15) is 5.02 Å². The standard InChI is InChI=1S/C8H10ClN3O2/c1-14-7-4(8(11)12-13)2-3-5(10)6(7)9/h2-3,13H,10H2,1H3,(H2,11,12). The molecule has 0 fully saturated rings. The summed E-state index contributed by atoms with van der Waals surface area (Å²) in [5.41, 5.74) is 11.7. The third-order valence-corrected chi connectivity index (χ3v) is 2.10. The van der Waals surface area contributed by atoms with E-state index in [4.69, 9.17) is 33.0 Å². The van der Waals surface area contributed by atoms with E-state index in [9.17, 15) is 0 Å². The Morgan fingerprint density at radius 2 is 2.21 bits per heavy atom. The first kappa shape index (κ1) is 10.5. The van der Waals surface area contributed by atoms with Gasteiger partial charge in [-0.3, -0.25) is 0 Å². The molecule has 5 nitrogen and oxygen atoms in total. The smallest absolute Gasteiger partial charge is 0.173 e. The van der Waals surface area contributed by atoms with Gasteiger partial charge in [-0.1, -0.05) is 16.8 Å². The van der Waals surface area contributed by atoms with E-state index in [2.05, 4.69) is 5.16 Å². The monoisotopic (exact) mass is 215 g/mol. The highest BCUT2D eigenvalue weighted by Gasteiger charge is 2.13. The molecule has 5 N–H and O–H groups in total. The van der Waals surface area contributed by atoms with Crippen LogP contribution in [0.4, 0.5) is 5.69 Å². The summed E-state index contributed by atoms with van der Waals surface area (Å²) < 4.78 is 5.00. The first-order chi connectivity index (χ1) is 6.61. The number of amidine groups is 1. The van der Waals surface area contributed by atoms with Gasteiger partial charge in [0.05, 0.1) is 18.4 Å². The number of nitrogens with zero attached hydrogens (tertiary/aromatic N) is 1. The fraction of sp³-hybridized carbons (Fsp3) is 0.125. The summed E-state index contributed by atoms with van der Waals surface area (Å²) in [5, 5.41) is 11.6. The lowest BCUT2D eigenvalue weighted by atomic mass is 10.1. The van der Waals surface area contributed by atoms with Gasteiger partial charge in [0.15, 0.2) is 11.6 Å². The number of benzene rings is 1. The van der Waals surface area contributed by atoms with E-state index in [1.165, 1.54) is 7.11 Å². The molecule has 0 atom stereocenters. The molecule has 0 saturated heterocycles. The Balaban J connectivity index is 3.38. The quantitative estimate of drug-likeness (QED) is 0.226. The average molecular weight is 216 g/mol. The zero-order chi connectivity index (χ0) is 10.7. The molecule has 0 aliphatic rings. The molecule has 1 aromatic carbocycles. The van der Waals surface area contributed by atoms with Gasteiger partial charge in [-0.05, 0) is 12.1 Å². The third kappa shape index (κ3) is 1.67. The summed E-state index contributed by atoms with van der Waals surface area (Å²) in [6.45, 7) is 0. The van der Waals surface area contributed by atoms with Crippen LogP contribution in [0.5, 0.6) is 5.75 Å². The summed E-state index contributed by atoms with van der Waals surface area (Å²) >= 11 is 5.86. The number of nitrogen functional groups attached to an aromatic ring is 1. The molecule has 0 unspecified atom stereocenters. The molecule has 0 aliphatic carbocycles. The number of oxime groups is 1. The fourth-order valence-electron chi connectivity index (χ4n) is 1.03. The predicted molar refractivity (Wildman–Crippen MR) is 54.9 cm³/mol. The number of halogens is 1. The summed E-state index contributed by atoms with van der Waals surface area (Å²) in [4.78, 5) is 0. The Labute approximate surface area is 85.9 Å². The van der Waals surface area contributed by atoms with Gasteiger partial charge in [-0.2, -0.15) is 0 Å². The number of hydrogen-bond acceptors (Lipinski definition) is 4. The van der Waals surface area contributed by atoms with Crippen LogP contribution in [-0.4, -0.2) is 18.2 Å². The minimum absolute atomic E-state index is 0.0799. The zero-order valence-corrected chi connectivity index (χ0v) is 8.25. The van der Waals surface area contributed by atoms with Gasteiger partial charge in [-0.25, -0.2) is 0 Å². The van der Waals surface area contributed by atoms with Gasteiger partial charge in [0, 0.05) is 0 Å². The molecule has 0 radical (unpaired) electrons. The van der Waals surface area contributed by atoms with Crippen LogP contribution < -0.4 is 16.2 Å². The van der Waals surface area contributed by atoms with Crippen LogP contribution in [0.1, 0.15) is 5.56 Å². The molecule has 0 saturated carbocycles. The summed E-state index contributed by atoms with van der Waals surface area (Å²) in [5.74, 6) is 0.214. The van der Waals surface area contributed by atoms with Crippen LogP contribution in [0.15, 0.2) is 17.3 Å². The van der Waals surface area contributed by atoms with E-state index in [0.29, 0.717) is 17.0 Å². The van der Waals surface area contributed by atoms with Crippen molar-refractivity contribution < 1.29 is 9.94 Å². The van der Waals surface area contributed by atoms with Crippen LogP contribution in [0.3, 0.4) is 0 Å². The lowest BCUT2D eigenvalue weighted by Crippen LogP contribution is -2.14. The second-order valence-corrected chi connectivity index (χ2v) is 2.91. The summed E-state index contributed by atoms with van der Waals surface area (Å²) in [6.07, 6.45) is 0. The highest BCUT2D eigenvalue weighted by Crippen LogP contribution is 2.33. The Morgan fingerprint density at radius 3 is 2.71 bits per heavy atom. The van der Waals surface area contributed by atoms with E-state index in [1.807, 2.05) is 0 Å². The third-order valence-electron chi connectivity index (χ3n) is 1.71. The van der Waals surface area contributed by atoms with Crippen molar-refractivity contribution in [3.8, 4) is 5.75 Å². The average Bonchev–Trinajstić information content (AvgIpc) is 2.20. The van der Waals surface area contributed by atoms with E-state index in [-0.39, 0.29) is 10.9 Å². The van der Waals surface area contributed by atoms with Crippen LogP contribution in [-0.2, 0) is 0 Å². The molecule has 0 amide bonds. The van der Waals surface area contributed by atoms with Crippen LogP contribution in [0, 0.1) is 0 Å². The van der Waals surface area contributed by atoms with Crippen molar-refractivity contribution in [1.82, 2.24) is 0 Å². The van der Waals surface area contributed by atoms with Crippen molar-refractivity contribution in [1.29, 1.82) is 0 Å². The second kappa shape index (κ2) is 4.06. The lowest BCUT2D eigenvalue weighted by molar-refractivity contribution is 0.318. The first-order valence-corrected chi connectivity index (χ1v) is 4.09. The van der Waals surface area contributed by atoms with E-state index >= 15 is 0 Å². The maximum Gasteiger partial charge on any atom is 0.173 e. The maximum atomic E-state index is 8.50. The number of ether oxygens (including phenoxy) is 1. The van der Waals surface area contributed by atoms with Gasteiger partial charge >= 0.3 is 0 Å². The molecular formula is C8H10ClN3O2. The normalized spacial score (nSPS) is 11.4. The Kier molecular flexibility index (Phi) is 3.03. The van der Waals surface area contributed by atoms with Gasteiger partial charge in [0.25, 0.3) is 0 Å². The Hall–Kier alpha value is -1.62. The van der Waals surface area contributed by atoms with E-state index in [1.54, 1.807) is 12.1 Å². The highest BCUT2D eigenvalue weighted by molar-refractivity contribution is 6.35. The van der Waals surface area contributed by atoms with Crippen molar-refractivity contribution in [2.45, 2.75) is 0 Å². The lowest BCUT2D eigenvalue weighted by Gasteiger charge is -2.10. The highest BCUT2D eigenvalue weighted by atomic mass is 35.5. The maximum absolute atomic E-state index is 8.50. The van der Waals surface area contributed by atoms with Crippen molar-refractivity contribution in [3.63, 3.8) is 0 Å². The second-order valence-electron chi connectivity index (χ2n) is 2.53. The minimum atomic E-state index is -0.0799. The van der Waals surface area contributed by atoms with Crippen LogP contribution in [0.2, 0.25) is 5.02 Å². The van der Waals surface area contributed by atoms with Crippen LogP contribution in [0.25, 0.3) is 0 Å². The van der Waals surface area contributed by atoms with Crippen molar-refractivity contribution in [3.05, 3.63) is 22.7 Å². The SMILES string of the molecule is COc1c(C(N)=NO)ccc(N)c1Cl. The molecule has 1 rings (SSSR count). The molecule has 0 bridgehead atoms. The van der Waals surface area contributed by atoms with Crippen LogP contribution >= 0.6 is 11.6 Å². The Bertz CT molecular complexity index is 379. The Morgan fingerprint density at radius 1 is 1.57 bits per heavy atom. The largest absolute Gasteiger partial charge is 0.494 e. The number of rotatable bonds is 2. The molecule has 6 heteroatoms. The topological polar surface area (TPSA) is 93.9 Å². The first-order valence-electron chi connectivity index (χ1n) is 3.71.